The minimum Gasteiger partial charge on any atom is -0.317 e. The lowest BCUT2D eigenvalue weighted by Gasteiger charge is -2.18. The minimum atomic E-state index is 0.519. The molecule has 3 heteroatoms. The molecule has 1 atom stereocenters. The van der Waals surface area contributed by atoms with E-state index in [-0.39, 0.29) is 0 Å². The van der Waals surface area contributed by atoms with Crippen LogP contribution in [0.1, 0.15) is 29.9 Å². The van der Waals surface area contributed by atoms with Gasteiger partial charge in [0.2, 0.25) is 0 Å². The molecule has 0 aliphatic rings. The quantitative estimate of drug-likeness (QED) is 0.634. The van der Waals surface area contributed by atoms with Gasteiger partial charge in [0, 0.05) is 5.02 Å². The lowest BCUT2D eigenvalue weighted by molar-refractivity contribution is 0.393. The van der Waals surface area contributed by atoms with Gasteiger partial charge in [-0.1, -0.05) is 54.1 Å². The summed E-state index contributed by atoms with van der Waals surface area (Å²) < 4.78 is 0. The second-order valence-electron chi connectivity index (χ2n) is 6.63. The van der Waals surface area contributed by atoms with E-state index < -0.39 is 0 Å². The molecule has 0 aliphatic carbocycles. The standard InChI is InChI=1S/C21H29ClN2/c1-24(2)16-6-14-23-15-13-20(17-18-7-4-3-5-8-18)19-9-11-21(22)12-10-19/h3-5,7-12,20,23H,6,13-17H2,1-2H3/t20-/m1/s1. The Kier molecular flexibility index (Phi) is 8.31. The molecule has 2 aromatic carbocycles. The van der Waals surface area contributed by atoms with Gasteiger partial charge in [-0.3, -0.25) is 0 Å². The van der Waals surface area contributed by atoms with Gasteiger partial charge >= 0.3 is 0 Å². The maximum absolute atomic E-state index is 6.05. The van der Waals surface area contributed by atoms with Crippen LogP contribution >= 0.6 is 11.6 Å². The second-order valence-corrected chi connectivity index (χ2v) is 7.07. The molecule has 0 saturated carbocycles. The first kappa shape index (κ1) is 19.0. The van der Waals surface area contributed by atoms with Crippen molar-refractivity contribution in [2.45, 2.75) is 25.2 Å². The third kappa shape index (κ3) is 7.04. The van der Waals surface area contributed by atoms with E-state index in [2.05, 4.69) is 66.8 Å². The van der Waals surface area contributed by atoms with E-state index in [0.717, 1.165) is 37.5 Å². The fourth-order valence-electron chi connectivity index (χ4n) is 2.94. The van der Waals surface area contributed by atoms with Crippen molar-refractivity contribution >= 4 is 11.6 Å². The normalized spacial score (nSPS) is 12.5. The fourth-order valence-corrected chi connectivity index (χ4v) is 3.07. The van der Waals surface area contributed by atoms with Crippen LogP contribution in [0, 0.1) is 0 Å². The maximum atomic E-state index is 6.05. The van der Waals surface area contributed by atoms with E-state index in [9.17, 15) is 0 Å². The molecule has 2 nitrogen and oxygen atoms in total. The summed E-state index contributed by atoms with van der Waals surface area (Å²) in [5, 5.41) is 4.39. The largest absolute Gasteiger partial charge is 0.317 e. The molecule has 0 amide bonds. The zero-order chi connectivity index (χ0) is 17.2. The van der Waals surface area contributed by atoms with E-state index in [0.29, 0.717) is 5.92 Å². The molecule has 2 rings (SSSR count). The van der Waals surface area contributed by atoms with Gasteiger partial charge in [0.15, 0.2) is 0 Å². The Morgan fingerprint density at radius 2 is 1.67 bits per heavy atom. The Hall–Kier alpha value is -1.35. The first-order chi connectivity index (χ1) is 11.6. The number of nitrogens with zero attached hydrogens (tertiary/aromatic N) is 1. The summed E-state index contributed by atoms with van der Waals surface area (Å²) in [4.78, 5) is 2.23. The molecular formula is C21H29ClN2. The summed E-state index contributed by atoms with van der Waals surface area (Å²) in [5.74, 6) is 0.519. The van der Waals surface area contributed by atoms with Crippen LogP contribution in [0.4, 0.5) is 0 Å². The van der Waals surface area contributed by atoms with Crippen molar-refractivity contribution < 1.29 is 0 Å². The van der Waals surface area contributed by atoms with Crippen molar-refractivity contribution in [3.8, 4) is 0 Å². The Balaban J connectivity index is 1.89. The van der Waals surface area contributed by atoms with Crippen molar-refractivity contribution in [1.82, 2.24) is 10.2 Å². The van der Waals surface area contributed by atoms with Crippen LogP contribution in [0.2, 0.25) is 5.02 Å². The molecule has 2 aromatic rings. The van der Waals surface area contributed by atoms with Crippen LogP contribution in [0.15, 0.2) is 54.6 Å². The fraction of sp³-hybridized carbons (Fsp3) is 0.429. The number of nitrogens with one attached hydrogen (secondary N) is 1. The number of halogens is 1. The molecular weight excluding hydrogens is 316 g/mol. The van der Waals surface area contributed by atoms with Crippen LogP contribution in [0.3, 0.4) is 0 Å². The predicted octanol–water partition coefficient (Wildman–Crippen LogP) is 4.60. The molecule has 0 fully saturated rings. The zero-order valence-electron chi connectivity index (χ0n) is 14.8. The smallest absolute Gasteiger partial charge is 0.0406 e. The molecule has 0 heterocycles. The van der Waals surface area contributed by atoms with Gasteiger partial charge in [0.25, 0.3) is 0 Å². The molecule has 0 aromatic heterocycles. The van der Waals surface area contributed by atoms with Crippen LogP contribution in [0.25, 0.3) is 0 Å². The maximum Gasteiger partial charge on any atom is 0.0406 e. The predicted molar refractivity (Wildman–Crippen MR) is 105 cm³/mol. The monoisotopic (exact) mass is 344 g/mol. The summed E-state index contributed by atoms with van der Waals surface area (Å²) in [6.07, 6.45) is 3.40. The van der Waals surface area contributed by atoms with Gasteiger partial charge in [-0.05, 0) is 82.2 Å². The number of hydrogen-bond donors (Lipinski definition) is 1. The third-order valence-corrected chi connectivity index (χ3v) is 4.55. The van der Waals surface area contributed by atoms with E-state index in [1.165, 1.54) is 17.5 Å². The number of rotatable bonds is 10. The van der Waals surface area contributed by atoms with Crippen molar-refractivity contribution in [2.75, 3.05) is 33.7 Å². The highest BCUT2D eigenvalue weighted by Gasteiger charge is 2.12. The Morgan fingerprint density at radius 1 is 0.958 bits per heavy atom. The summed E-state index contributed by atoms with van der Waals surface area (Å²) in [6, 6.07) is 19.1. The minimum absolute atomic E-state index is 0.519. The number of hydrogen-bond acceptors (Lipinski definition) is 2. The average Bonchev–Trinajstić information content (AvgIpc) is 2.58. The molecule has 0 spiro atoms. The Bertz CT molecular complexity index is 566. The van der Waals surface area contributed by atoms with Gasteiger partial charge < -0.3 is 10.2 Å². The molecule has 0 radical (unpaired) electrons. The van der Waals surface area contributed by atoms with E-state index in [1.54, 1.807) is 0 Å². The van der Waals surface area contributed by atoms with Gasteiger partial charge in [0.1, 0.15) is 0 Å². The van der Waals surface area contributed by atoms with Crippen LogP contribution in [0.5, 0.6) is 0 Å². The van der Waals surface area contributed by atoms with Gasteiger partial charge in [-0.15, -0.1) is 0 Å². The highest BCUT2D eigenvalue weighted by atomic mass is 35.5. The topological polar surface area (TPSA) is 15.3 Å². The first-order valence-electron chi connectivity index (χ1n) is 8.80. The molecule has 1 N–H and O–H groups in total. The summed E-state index contributed by atoms with van der Waals surface area (Å²) in [7, 11) is 4.24. The summed E-state index contributed by atoms with van der Waals surface area (Å²) in [6.45, 7) is 3.27. The van der Waals surface area contributed by atoms with Crippen LogP contribution in [-0.2, 0) is 6.42 Å². The van der Waals surface area contributed by atoms with Crippen molar-refractivity contribution in [3.05, 3.63) is 70.7 Å². The Morgan fingerprint density at radius 3 is 2.33 bits per heavy atom. The molecule has 0 aliphatic heterocycles. The van der Waals surface area contributed by atoms with Gasteiger partial charge in [-0.25, -0.2) is 0 Å². The number of benzene rings is 2. The van der Waals surface area contributed by atoms with Crippen molar-refractivity contribution in [1.29, 1.82) is 0 Å². The average molecular weight is 345 g/mol. The lowest BCUT2D eigenvalue weighted by Crippen LogP contribution is -2.23. The molecule has 0 saturated heterocycles. The molecule has 24 heavy (non-hydrogen) atoms. The second kappa shape index (κ2) is 10.5. The highest BCUT2D eigenvalue weighted by molar-refractivity contribution is 6.30. The van der Waals surface area contributed by atoms with Crippen LogP contribution < -0.4 is 5.32 Å². The summed E-state index contributed by atoms with van der Waals surface area (Å²) >= 11 is 6.05. The van der Waals surface area contributed by atoms with E-state index >= 15 is 0 Å². The lowest BCUT2D eigenvalue weighted by atomic mass is 9.89. The first-order valence-corrected chi connectivity index (χ1v) is 9.18. The van der Waals surface area contributed by atoms with Crippen molar-refractivity contribution in [2.24, 2.45) is 0 Å². The van der Waals surface area contributed by atoms with E-state index in [4.69, 9.17) is 11.6 Å². The molecule has 0 unspecified atom stereocenters. The van der Waals surface area contributed by atoms with E-state index in [1.807, 2.05) is 12.1 Å². The zero-order valence-corrected chi connectivity index (χ0v) is 15.6. The van der Waals surface area contributed by atoms with Gasteiger partial charge in [0.05, 0.1) is 0 Å². The SMILES string of the molecule is CN(C)CCCNCC[C@H](Cc1ccccc1)c1ccc(Cl)cc1. The van der Waals surface area contributed by atoms with Crippen LogP contribution in [-0.4, -0.2) is 38.6 Å². The molecule has 0 bridgehead atoms. The Labute approximate surface area is 151 Å². The van der Waals surface area contributed by atoms with Gasteiger partial charge in [-0.2, -0.15) is 0 Å². The highest BCUT2D eigenvalue weighted by Crippen LogP contribution is 2.25. The molecule has 130 valence electrons. The van der Waals surface area contributed by atoms with Crippen molar-refractivity contribution in [3.63, 3.8) is 0 Å². The third-order valence-electron chi connectivity index (χ3n) is 4.29. The summed E-state index contributed by atoms with van der Waals surface area (Å²) in [5.41, 5.74) is 2.77.